The quantitative estimate of drug-likeness (QED) is 0.869. The van der Waals surface area contributed by atoms with Crippen LogP contribution in [0.25, 0.3) is 11.0 Å². The molecule has 1 saturated heterocycles. The number of hydrogen-bond donors (Lipinski definition) is 1. The molecule has 4 heteroatoms. The molecule has 1 fully saturated rings. The van der Waals surface area contributed by atoms with Crippen LogP contribution in [0.4, 0.5) is 0 Å². The van der Waals surface area contributed by atoms with Gasteiger partial charge in [0.25, 0.3) is 5.91 Å². The molecule has 4 nitrogen and oxygen atoms in total. The third kappa shape index (κ3) is 2.43. The monoisotopic (exact) mass is 273 g/mol. The molecule has 1 aromatic heterocycles. The van der Waals surface area contributed by atoms with E-state index in [1.807, 2.05) is 32.0 Å². The largest absolute Gasteiger partial charge is 0.451 e. The SMILES string of the molecule is Cc1ccc2oc(C(=O)N3CCC(C)(O)CC3)cc2c1. The van der Waals surface area contributed by atoms with Gasteiger partial charge in [-0.25, -0.2) is 0 Å². The smallest absolute Gasteiger partial charge is 0.289 e. The molecule has 1 amide bonds. The lowest BCUT2D eigenvalue weighted by atomic mass is 9.94. The third-order valence-corrected chi connectivity index (χ3v) is 4.01. The van der Waals surface area contributed by atoms with E-state index in [0.717, 1.165) is 16.5 Å². The van der Waals surface area contributed by atoms with Gasteiger partial charge in [0, 0.05) is 18.5 Å². The average Bonchev–Trinajstić information content (AvgIpc) is 2.80. The van der Waals surface area contributed by atoms with Crippen LogP contribution in [-0.2, 0) is 0 Å². The summed E-state index contributed by atoms with van der Waals surface area (Å²) in [4.78, 5) is 14.2. The molecule has 3 rings (SSSR count). The highest BCUT2D eigenvalue weighted by Crippen LogP contribution is 2.25. The molecule has 20 heavy (non-hydrogen) atoms. The molecule has 0 radical (unpaired) electrons. The van der Waals surface area contributed by atoms with Gasteiger partial charge in [0.2, 0.25) is 0 Å². The Morgan fingerprint density at radius 1 is 1.30 bits per heavy atom. The number of aryl methyl sites for hydroxylation is 1. The van der Waals surface area contributed by atoms with Crippen molar-refractivity contribution >= 4 is 16.9 Å². The number of benzene rings is 1. The number of fused-ring (bicyclic) bond motifs is 1. The first kappa shape index (κ1) is 13.2. The van der Waals surface area contributed by atoms with Crippen molar-refractivity contribution < 1.29 is 14.3 Å². The molecular weight excluding hydrogens is 254 g/mol. The summed E-state index contributed by atoms with van der Waals surface area (Å²) in [5.74, 6) is 0.293. The molecule has 1 aliphatic heterocycles. The first-order valence-electron chi connectivity index (χ1n) is 6.96. The zero-order chi connectivity index (χ0) is 14.3. The zero-order valence-electron chi connectivity index (χ0n) is 11.8. The Bertz CT molecular complexity index is 647. The van der Waals surface area contributed by atoms with Gasteiger partial charge in [-0.1, -0.05) is 11.6 Å². The minimum absolute atomic E-state index is 0.0886. The van der Waals surface area contributed by atoms with Crippen LogP contribution < -0.4 is 0 Å². The van der Waals surface area contributed by atoms with Gasteiger partial charge in [-0.2, -0.15) is 0 Å². The molecule has 0 spiro atoms. The second kappa shape index (κ2) is 4.63. The molecule has 0 bridgehead atoms. The predicted octanol–water partition coefficient (Wildman–Crippen LogP) is 2.73. The second-order valence-electron chi connectivity index (χ2n) is 5.94. The van der Waals surface area contributed by atoms with E-state index in [4.69, 9.17) is 4.42 Å². The van der Waals surface area contributed by atoms with Crippen LogP contribution in [0.2, 0.25) is 0 Å². The lowest BCUT2D eigenvalue weighted by Crippen LogP contribution is -2.45. The number of likely N-dealkylation sites (tertiary alicyclic amines) is 1. The van der Waals surface area contributed by atoms with Crippen LogP contribution in [0.5, 0.6) is 0 Å². The number of hydrogen-bond acceptors (Lipinski definition) is 3. The molecule has 2 aromatic rings. The molecule has 1 N–H and O–H groups in total. The third-order valence-electron chi connectivity index (χ3n) is 4.01. The Hall–Kier alpha value is -1.81. The molecule has 1 aromatic carbocycles. The normalized spacial score (nSPS) is 18.4. The lowest BCUT2D eigenvalue weighted by molar-refractivity contribution is -0.00282. The molecule has 0 aliphatic carbocycles. The first-order chi connectivity index (χ1) is 9.44. The first-order valence-corrected chi connectivity index (χ1v) is 6.96. The van der Waals surface area contributed by atoms with Gasteiger partial charge in [0.1, 0.15) is 5.58 Å². The maximum Gasteiger partial charge on any atom is 0.289 e. The van der Waals surface area contributed by atoms with Crippen molar-refractivity contribution in [3.05, 3.63) is 35.6 Å². The number of carbonyl (C=O) groups excluding carboxylic acids is 1. The van der Waals surface area contributed by atoms with Gasteiger partial charge in [-0.15, -0.1) is 0 Å². The van der Waals surface area contributed by atoms with Crippen LogP contribution in [0.1, 0.15) is 35.9 Å². The van der Waals surface area contributed by atoms with Crippen LogP contribution in [0, 0.1) is 6.92 Å². The van der Waals surface area contributed by atoms with Crippen molar-refractivity contribution in [1.82, 2.24) is 4.90 Å². The molecular formula is C16H19NO3. The average molecular weight is 273 g/mol. The summed E-state index contributed by atoms with van der Waals surface area (Å²) >= 11 is 0. The highest BCUT2D eigenvalue weighted by Gasteiger charge is 2.31. The van der Waals surface area contributed by atoms with Crippen molar-refractivity contribution in [3.63, 3.8) is 0 Å². The lowest BCUT2D eigenvalue weighted by Gasteiger charge is -2.35. The number of aliphatic hydroxyl groups is 1. The Balaban J connectivity index is 1.82. The van der Waals surface area contributed by atoms with Crippen molar-refractivity contribution in [2.24, 2.45) is 0 Å². The molecule has 1 aliphatic rings. The maximum atomic E-state index is 12.4. The van der Waals surface area contributed by atoms with Crippen molar-refractivity contribution in [1.29, 1.82) is 0 Å². The second-order valence-corrected chi connectivity index (χ2v) is 5.94. The number of piperidine rings is 1. The Kier molecular flexibility index (Phi) is 3.05. The Morgan fingerprint density at radius 2 is 2.00 bits per heavy atom. The van der Waals surface area contributed by atoms with E-state index < -0.39 is 5.60 Å². The highest BCUT2D eigenvalue weighted by molar-refractivity contribution is 5.96. The van der Waals surface area contributed by atoms with E-state index in [1.165, 1.54) is 0 Å². The van der Waals surface area contributed by atoms with E-state index in [-0.39, 0.29) is 5.91 Å². The Labute approximate surface area is 118 Å². The predicted molar refractivity (Wildman–Crippen MR) is 76.7 cm³/mol. The standard InChI is InChI=1S/C16H19NO3/c1-11-3-4-13-12(9-11)10-14(20-13)15(18)17-7-5-16(2,19)6-8-17/h3-4,9-10,19H,5-8H2,1-2H3. The molecule has 2 heterocycles. The summed E-state index contributed by atoms with van der Waals surface area (Å²) in [6, 6.07) is 7.68. The number of carbonyl (C=O) groups is 1. The van der Waals surface area contributed by atoms with Crippen molar-refractivity contribution in [3.8, 4) is 0 Å². The fraction of sp³-hybridized carbons (Fsp3) is 0.438. The van der Waals surface area contributed by atoms with E-state index in [2.05, 4.69) is 0 Å². The maximum absolute atomic E-state index is 12.4. The summed E-state index contributed by atoms with van der Waals surface area (Å²) in [6.45, 7) is 4.98. The number of furan rings is 1. The van der Waals surface area contributed by atoms with E-state index >= 15 is 0 Å². The highest BCUT2D eigenvalue weighted by atomic mass is 16.3. The van der Waals surface area contributed by atoms with Crippen LogP contribution in [-0.4, -0.2) is 34.6 Å². The van der Waals surface area contributed by atoms with Gasteiger partial charge < -0.3 is 14.4 Å². The minimum Gasteiger partial charge on any atom is -0.451 e. The minimum atomic E-state index is -0.651. The van der Waals surface area contributed by atoms with Crippen molar-refractivity contribution in [2.45, 2.75) is 32.3 Å². The van der Waals surface area contributed by atoms with Crippen LogP contribution in [0.15, 0.2) is 28.7 Å². The summed E-state index contributed by atoms with van der Waals surface area (Å²) in [5, 5.41) is 10.9. The van der Waals surface area contributed by atoms with E-state index in [1.54, 1.807) is 11.0 Å². The van der Waals surface area contributed by atoms with Crippen LogP contribution in [0.3, 0.4) is 0 Å². The summed E-state index contributed by atoms with van der Waals surface area (Å²) in [6.07, 6.45) is 1.22. The van der Waals surface area contributed by atoms with Gasteiger partial charge in [-0.3, -0.25) is 4.79 Å². The summed E-state index contributed by atoms with van der Waals surface area (Å²) in [5.41, 5.74) is 1.23. The number of nitrogens with zero attached hydrogens (tertiary/aromatic N) is 1. The number of rotatable bonds is 1. The number of amides is 1. The van der Waals surface area contributed by atoms with Gasteiger partial charge in [0.05, 0.1) is 5.60 Å². The summed E-state index contributed by atoms with van der Waals surface area (Å²) in [7, 11) is 0. The van der Waals surface area contributed by atoms with Crippen LogP contribution >= 0.6 is 0 Å². The molecule has 106 valence electrons. The topological polar surface area (TPSA) is 53.7 Å². The van der Waals surface area contributed by atoms with E-state index in [9.17, 15) is 9.90 Å². The fourth-order valence-corrected chi connectivity index (χ4v) is 2.62. The molecule has 0 atom stereocenters. The van der Waals surface area contributed by atoms with Gasteiger partial charge >= 0.3 is 0 Å². The zero-order valence-corrected chi connectivity index (χ0v) is 11.8. The van der Waals surface area contributed by atoms with E-state index in [0.29, 0.717) is 31.7 Å². The molecule has 0 saturated carbocycles. The fourth-order valence-electron chi connectivity index (χ4n) is 2.62. The van der Waals surface area contributed by atoms with Gasteiger partial charge in [0.15, 0.2) is 5.76 Å². The van der Waals surface area contributed by atoms with Gasteiger partial charge in [-0.05, 0) is 44.9 Å². The summed E-state index contributed by atoms with van der Waals surface area (Å²) < 4.78 is 5.64. The van der Waals surface area contributed by atoms with Crippen molar-refractivity contribution in [2.75, 3.05) is 13.1 Å². The Morgan fingerprint density at radius 3 is 2.70 bits per heavy atom. The molecule has 0 unspecified atom stereocenters.